The van der Waals surface area contributed by atoms with E-state index in [-0.39, 0.29) is 5.56 Å². The molecule has 0 amide bonds. The van der Waals surface area contributed by atoms with Crippen molar-refractivity contribution in [2.24, 2.45) is 0 Å². The molecule has 0 aliphatic rings. The summed E-state index contributed by atoms with van der Waals surface area (Å²) in [5.74, 6) is -0.935. The highest BCUT2D eigenvalue weighted by molar-refractivity contribution is 7.14. The van der Waals surface area contributed by atoms with E-state index in [9.17, 15) is 4.79 Å². The first-order valence-corrected chi connectivity index (χ1v) is 7.48. The molecule has 0 unspecified atom stereocenters. The molecule has 6 heteroatoms. The van der Waals surface area contributed by atoms with E-state index in [0.29, 0.717) is 0 Å². The molecule has 0 atom stereocenters. The first-order valence-electron chi connectivity index (χ1n) is 6.60. The minimum absolute atomic E-state index is 0.261. The summed E-state index contributed by atoms with van der Waals surface area (Å²) in [7, 11) is 0. The van der Waals surface area contributed by atoms with Crippen molar-refractivity contribution < 1.29 is 9.90 Å². The molecule has 3 rings (SSSR count). The predicted molar refractivity (Wildman–Crippen MR) is 86.8 cm³/mol. The second-order valence-electron chi connectivity index (χ2n) is 4.74. The molecule has 3 aromatic rings. The molecule has 0 aliphatic heterocycles. The van der Waals surface area contributed by atoms with Crippen LogP contribution in [0.1, 0.15) is 15.9 Å². The fourth-order valence-corrected chi connectivity index (χ4v) is 2.74. The Bertz CT molecular complexity index is 812. The number of rotatable bonds is 4. The minimum atomic E-state index is -0.935. The number of anilines is 2. The first-order chi connectivity index (χ1) is 10.6. The van der Waals surface area contributed by atoms with Crippen molar-refractivity contribution in [2.45, 2.75) is 6.92 Å². The molecule has 2 N–H and O–H groups in total. The Kier molecular flexibility index (Phi) is 3.84. The molecule has 0 spiro atoms. The van der Waals surface area contributed by atoms with Crippen LogP contribution in [0.5, 0.6) is 0 Å². The Hall–Kier alpha value is -2.73. The number of thiazole rings is 1. The van der Waals surface area contributed by atoms with Gasteiger partial charge in [-0.3, -0.25) is 4.98 Å². The van der Waals surface area contributed by atoms with E-state index < -0.39 is 5.97 Å². The number of aryl methyl sites for hydroxylation is 1. The SMILES string of the molecule is Cc1ccncc1-c1csc(Nc2ccc(C(=O)O)cc2)n1. The van der Waals surface area contributed by atoms with Crippen molar-refractivity contribution in [3.05, 3.63) is 59.2 Å². The Morgan fingerprint density at radius 1 is 1.23 bits per heavy atom. The number of hydrogen-bond donors (Lipinski definition) is 2. The molecule has 2 aromatic heterocycles. The van der Waals surface area contributed by atoms with Crippen LogP contribution in [0.2, 0.25) is 0 Å². The van der Waals surface area contributed by atoms with E-state index in [1.165, 1.54) is 11.3 Å². The van der Waals surface area contributed by atoms with E-state index in [0.717, 1.165) is 27.6 Å². The van der Waals surface area contributed by atoms with Gasteiger partial charge in [-0.15, -0.1) is 11.3 Å². The molecule has 5 nitrogen and oxygen atoms in total. The lowest BCUT2D eigenvalue weighted by Gasteiger charge is -2.03. The molecular formula is C16H13N3O2S. The average Bonchev–Trinajstić information content (AvgIpc) is 2.96. The van der Waals surface area contributed by atoms with Crippen LogP contribution in [0.25, 0.3) is 11.3 Å². The Balaban J connectivity index is 1.80. The van der Waals surface area contributed by atoms with Gasteiger partial charge in [0.2, 0.25) is 0 Å². The lowest BCUT2D eigenvalue weighted by Crippen LogP contribution is -1.96. The maximum Gasteiger partial charge on any atom is 0.335 e. The number of carbonyl (C=O) groups is 1. The second-order valence-corrected chi connectivity index (χ2v) is 5.59. The lowest BCUT2D eigenvalue weighted by molar-refractivity contribution is 0.0697. The van der Waals surface area contributed by atoms with Gasteiger partial charge >= 0.3 is 5.97 Å². The highest BCUT2D eigenvalue weighted by atomic mass is 32.1. The second kappa shape index (κ2) is 5.95. The Labute approximate surface area is 131 Å². The van der Waals surface area contributed by atoms with Crippen LogP contribution in [0.4, 0.5) is 10.8 Å². The first kappa shape index (κ1) is 14.2. The van der Waals surface area contributed by atoms with E-state index in [1.54, 1.807) is 36.7 Å². The normalized spacial score (nSPS) is 10.4. The zero-order valence-corrected chi connectivity index (χ0v) is 12.6. The number of benzene rings is 1. The number of hydrogen-bond acceptors (Lipinski definition) is 5. The molecule has 1 aromatic carbocycles. The smallest absolute Gasteiger partial charge is 0.335 e. The van der Waals surface area contributed by atoms with Crippen molar-refractivity contribution in [3.63, 3.8) is 0 Å². The fraction of sp³-hybridized carbons (Fsp3) is 0.0625. The number of carboxylic acids is 1. The summed E-state index contributed by atoms with van der Waals surface area (Å²) >= 11 is 1.49. The zero-order valence-electron chi connectivity index (χ0n) is 11.8. The summed E-state index contributed by atoms with van der Waals surface area (Å²) in [6, 6.07) is 8.51. The van der Waals surface area contributed by atoms with Crippen LogP contribution in [0, 0.1) is 6.92 Å². The van der Waals surface area contributed by atoms with Crippen LogP contribution in [0.15, 0.2) is 48.1 Å². The zero-order chi connectivity index (χ0) is 15.5. The van der Waals surface area contributed by atoms with Gasteiger partial charge in [0, 0.05) is 29.0 Å². The summed E-state index contributed by atoms with van der Waals surface area (Å²) in [6.07, 6.45) is 3.56. The van der Waals surface area contributed by atoms with E-state index in [1.807, 2.05) is 18.4 Å². The molecule has 0 bridgehead atoms. The van der Waals surface area contributed by atoms with Crippen LogP contribution in [-0.4, -0.2) is 21.0 Å². The van der Waals surface area contributed by atoms with Crippen molar-refractivity contribution >= 4 is 28.1 Å². The summed E-state index contributed by atoms with van der Waals surface area (Å²) in [5, 5.41) is 14.8. The van der Waals surface area contributed by atoms with Gasteiger partial charge in [0.1, 0.15) is 0 Å². The van der Waals surface area contributed by atoms with Crippen LogP contribution in [0.3, 0.4) is 0 Å². The standard InChI is InChI=1S/C16H13N3O2S/c1-10-6-7-17-8-13(10)14-9-22-16(19-14)18-12-4-2-11(3-5-12)15(20)21/h2-9H,1H3,(H,18,19)(H,20,21). The van der Waals surface area contributed by atoms with E-state index in [2.05, 4.69) is 15.3 Å². The molecule has 0 saturated carbocycles. The van der Waals surface area contributed by atoms with Crippen molar-refractivity contribution in [1.82, 2.24) is 9.97 Å². The van der Waals surface area contributed by atoms with Gasteiger partial charge in [0.05, 0.1) is 11.3 Å². The third-order valence-corrected chi connectivity index (χ3v) is 3.96. The van der Waals surface area contributed by atoms with Crippen LogP contribution in [-0.2, 0) is 0 Å². The van der Waals surface area contributed by atoms with Gasteiger partial charge in [-0.25, -0.2) is 9.78 Å². The van der Waals surface area contributed by atoms with Crippen LogP contribution >= 0.6 is 11.3 Å². The molecule has 0 saturated heterocycles. The molecule has 22 heavy (non-hydrogen) atoms. The van der Waals surface area contributed by atoms with Gasteiger partial charge in [-0.05, 0) is 42.8 Å². The number of nitrogens with zero attached hydrogens (tertiary/aromatic N) is 2. The van der Waals surface area contributed by atoms with Crippen molar-refractivity contribution in [3.8, 4) is 11.3 Å². The van der Waals surface area contributed by atoms with Gasteiger partial charge in [0.25, 0.3) is 0 Å². The number of carboxylic acid groups (broad SMARTS) is 1. The Morgan fingerprint density at radius 2 is 2.00 bits per heavy atom. The topological polar surface area (TPSA) is 75.1 Å². The monoisotopic (exact) mass is 311 g/mol. The van der Waals surface area contributed by atoms with Crippen molar-refractivity contribution in [1.29, 1.82) is 0 Å². The highest BCUT2D eigenvalue weighted by Crippen LogP contribution is 2.28. The number of nitrogens with one attached hydrogen (secondary N) is 1. The summed E-state index contributed by atoms with van der Waals surface area (Å²) in [6.45, 7) is 2.02. The van der Waals surface area contributed by atoms with Gasteiger partial charge < -0.3 is 10.4 Å². The average molecular weight is 311 g/mol. The maximum absolute atomic E-state index is 10.8. The van der Waals surface area contributed by atoms with E-state index in [4.69, 9.17) is 5.11 Å². The Morgan fingerprint density at radius 3 is 2.68 bits per heavy atom. The quantitative estimate of drug-likeness (QED) is 0.763. The summed E-state index contributed by atoms with van der Waals surface area (Å²) in [4.78, 5) is 19.5. The van der Waals surface area contributed by atoms with E-state index >= 15 is 0 Å². The predicted octanol–water partition coefficient (Wildman–Crippen LogP) is 3.96. The highest BCUT2D eigenvalue weighted by Gasteiger charge is 2.08. The number of aromatic nitrogens is 2. The molecule has 0 fully saturated rings. The fourth-order valence-electron chi connectivity index (χ4n) is 2.01. The van der Waals surface area contributed by atoms with Gasteiger partial charge in [-0.1, -0.05) is 0 Å². The van der Waals surface area contributed by atoms with Gasteiger partial charge in [-0.2, -0.15) is 0 Å². The third-order valence-electron chi connectivity index (χ3n) is 3.20. The maximum atomic E-state index is 10.8. The third kappa shape index (κ3) is 2.96. The molecular weight excluding hydrogens is 298 g/mol. The van der Waals surface area contributed by atoms with Crippen molar-refractivity contribution in [2.75, 3.05) is 5.32 Å². The molecule has 0 aliphatic carbocycles. The largest absolute Gasteiger partial charge is 0.478 e. The molecule has 110 valence electrons. The van der Waals surface area contributed by atoms with Gasteiger partial charge in [0.15, 0.2) is 5.13 Å². The lowest BCUT2D eigenvalue weighted by atomic mass is 10.1. The molecule has 0 radical (unpaired) electrons. The minimum Gasteiger partial charge on any atom is -0.478 e. The summed E-state index contributed by atoms with van der Waals surface area (Å²) in [5.41, 5.74) is 4.07. The van der Waals surface area contributed by atoms with Crippen LogP contribution < -0.4 is 5.32 Å². The summed E-state index contributed by atoms with van der Waals surface area (Å²) < 4.78 is 0. The number of pyridine rings is 1. The number of aromatic carboxylic acids is 1. The molecule has 2 heterocycles.